The van der Waals surface area contributed by atoms with Gasteiger partial charge >= 0.3 is 0 Å². The average molecular weight is 331 g/mol. The fourth-order valence-electron chi connectivity index (χ4n) is 2.57. The molecule has 1 aliphatic heterocycles. The van der Waals surface area contributed by atoms with Crippen molar-refractivity contribution >= 4 is 21.4 Å². The van der Waals surface area contributed by atoms with Gasteiger partial charge in [0.25, 0.3) is 10.0 Å². The molecule has 0 saturated carbocycles. The van der Waals surface area contributed by atoms with Crippen molar-refractivity contribution in [2.75, 3.05) is 19.6 Å². The molecule has 0 aromatic carbocycles. The Morgan fingerprint density at radius 3 is 2.48 bits per heavy atom. The second-order valence-corrected chi connectivity index (χ2v) is 8.90. The molecule has 1 fully saturated rings. The minimum atomic E-state index is -3.29. The SMILES string of the molecule is CCCNCc1ccc(S(=O)(=O)N2CCCCCCC2)s1. The number of hydrogen-bond acceptors (Lipinski definition) is 4. The van der Waals surface area contributed by atoms with Crippen LogP contribution in [0.25, 0.3) is 0 Å². The summed E-state index contributed by atoms with van der Waals surface area (Å²) in [4.78, 5) is 1.09. The van der Waals surface area contributed by atoms with E-state index in [1.54, 1.807) is 10.4 Å². The van der Waals surface area contributed by atoms with Crippen molar-refractivity contribution in [2.45, 2.75) is 56.2 Å². The minimum absolute atomic E-state index is 0.497. The van der Waals surface area contributed by atoms with Crippen LogP contribution >= 0.6 is 11.3 Å². The summed E-state index contributed by atoms with van der Waals surface area (Å²) in [5.41, 5.74) is 0. The van der Waals surface area contributed by atoms with Crippen LogP contribution in [-0.4, -0.2) is 32.4 Å². The van der Waals surface area contributed by atoms with E-state index in [2.05, 4.69) is 12.2 Å². The van der Waals surface area contributed by atoms with Crippen molar-refractivity contribution in [1.82, 2.24) is 9.62 Å². The third-order valence-corrected chi connectivity index (χ3v) is 7.22. The Morgan fingerprint density at radius 1 is 1.14 bits per heavy atom. The normalized spacial score (nSPS) is 18.3. The van der Waals surface area contributed by atoms with Crippen molar-refractivity contribution < 1.29 is 8.42 Å². The van der Waals surface area contributed by atoms with E-state index < -0.39 is 10.0 Å². The molecule has 2 rings (SSSR count). The van der Waals surface area contributed by atoms with Crippen LogP contribution in [0.2, 0.25) is 0 Å². The molecule has 0 spiro atoms. The molecule has 0 radical (unpaired) electrons. The summed E-state index contributed by atoms with van der Waals surface area (Å²) in [6.45, 7) is 5.19. The van der Waals surface area contributed by atoms with E-state index in [1.165, 1.54) is 17.8 Å². The van der Waals surface area contributed by atoms with Gasteiger partial charge in [-0.25, -0.2) is 8.42 Å². The fraction of sp³-hybridized carbons (Fsp3) is 0.733. The van der Waals surface area contributed by atoms with Gasteiger partial charge in [0.05, 0.1) is 0 Å². The first-order valence-electron chi connectivity index (χ1n) is 7.94. The van der Waals surface area contributed by atoms with E-state index in [1.807, 2.05) is 6.07 Å². The van der Waals surface area contributed by atoms with Crippen molar-refractivity contribution in [3.8, 4) is 0 Å². The Bertz CT molecular complexity index is 518. The summed E-state index contributed by atoms with van der Waals surface area (Å²) in [6.07, 6.45) is 6.57. The molecule has 21 heavy (non-hydrogen) atoms. The molecule has 1 aliphatic rings. The monoisotopic (exact) mass is 330 g/mol. The maximum atomic E-state index is 12.7. The Morgan fingerprint density at radius 2 is 1.81 bits per heavy atom. The lowest BCUT2D eigenvalue weighted by atomic mass is 10.1. The highest BCUT2D eigenvalue weighted by atomic mass is 32.2. The maximum Gasteiger partial charge on any atom is 0.252 e. The van der Waals surface area contributed by atoms with E-state index in [9.17, 15) is 8.42 Å². The Hall–Kier alpha value is -0.430. The largest absolute Gasteiger partial charge is 0.312 e. The lowest BCUT2D eigenvalue weighted by Crippen LogP contribution is -2.33. The van der Waals surface area contributed by atoms with Crippen molar-refractivity contribution in [1.29, 1.82) is 0 Å². The van der Waals surface area contributed by atoms with Crippen LogP contribution in [0, 0.1) is 0 Å². The van der Waals surface area contributed by atoms with E-state index in [-0.39, 0.29) is 0 Å². The van der Waals surface area contributed by atoms with Crippen LogP contribution in [0.3, 0.4) is 0 Å². The smallest absolute Gasteiger partial charge is 0.252 e. The zero-order chi connectivity index (χ0) is 15.1. The van der Waals surface area contributed by atoms with Gasteiger partial charge in [-0.2, -0.15) is 4.31 Å². The predicted octanol–water partition coefficient (Wildman–Crippen LogP) is 3.20. The number of sulfonamides is 1. The third kappa shape index (κ3) is 4.77. The number of nitrogens with one attached hydrogen (secondary N) is 1. The molecule has 0 amide bonds. The first-order valence-corrected chi connectivity index (χ1v) is 10.2. The van der Waals surface area contributed by atoms with E-state index in [4.69, 9.17) is 0 Å². The molecule has 4 nitrogen and oxygen atoms in total. The Kier molecular flexibility index (Phi) is 6.67. The van der Waals surface area contributed by atoms with Gasteiger partial charge < -0.3 is 5.32 Å². The van der Waals surface area contributed by atoms with Gasteiger partial charge in [0.2, 0.25) is 0 Å². The quantitative estimate of drug-likeness (QED) is 0.815. The predicted molar refractivity (Wildman–Crippen MR) is 88.2 cm³/mol. The molecular weight excluding hydrogens is 304 g/mol. The lowest BCUT2D eigenvalue weighted by Gasteiger charge is -2.23. The molecular formula is C15H26N2O2S2. The topological polar surface area (TPSA) is 49.4 Å². The van der Waals surface area contributed by atoms with Crippen LogP contribution < -0.4 is 5.32 Å². The molecule has 0 aliphatic carbocycles. The van der Waals surface area contributed by atoms with E-state index >= 15 is 0 Å². The highest BCUT2D eigenvalue weighted by Gasteiger charge is 2.26. The second-order valence-electron chi connectivity index (χ2n) is 5.57. The van der Waals surface area contributed by atoms with E-state index in [0.717, 1.165) is 50.1 Å². The van der Waals surface area contributed by atoms with Crippen LogP contribution in [0.5, 0.6) is 0 Å². The number of nitrogens with zero attached hydrogens (tertiary/aromatic N) is 1. The number of hydrogen-bond donors (Lipinski definition) is 1. The summed E-state index contributed by atoms with van der Waals surface area (Å²) >= 11 is 1.40. The average Bonchev–Trinajstić information content (AvgIpc) is 2.87. The fourth-order valence-corrected chi connectivity index (χ4v) is 5.56. The van der Waals surface area contributed by atoms with Crippen LogP contribution in [0.15, 0.2) is 16.3 Å². The molecule has 0 atom stereocenters. The van der Waals surface area contributed by atoms with Crippen molar-refractivity contribution in [3.05, 3.63) is 17.0 Å². The lowest BCUT2D eigenvalue weighted by molar-refractivity contribution is 0.365. The Balaban J connectivity index is 2.03. The molecule has 120 valence electrons. The summed E-state index contributed by atoms with van der Waals surface area (Å²) in [6, 6.07) is 3.70. The zero-order valence-electron chi connectivity index (χ0n) is 12.8. The van der Waals surface area contributed by atoms with Gasteiger partial charge in [0, 0.05) is 24.5 Å². The van der Waals surface area contributed by atoms with Gasteiger partial charge in [-0.1, -0.05) is 26.2 Å². The zero-order valence-corrected chi connectivity index (χ0v) is 14.4. The van der Waals surface area contributed by atoms with Crippen LogP contribution in [0.4, 0.5) is 0 Å². The molecule has 1 aromatic rings. The molecule has 2 heterocycles. The third-order valence-electron chi connectivity index (χ3n) is 3.77. The molecule has 1 aromatic heterocycles. The number of thiophene rings is 1. The molecule has 1 saturated heterocycles. The van der Waals surface area contributed by atoms with E-state index in [0.29, 0.717) is 17.3 Å². The van der Waals surface area contributed by atoms with Crippen LogP contribution in [0.1, 0.15) is 50.3 Å². The van der Waals surface area contributed by atoms with Gasteiger partial charge in [-0.05, 0) is 37.9 Å². The van der Waals surface area contributed by atoms with Gasteiger partial charge in [0.15, 0.2) is 0 Å². The summed E-state index contributed by atoms with van der Waals surface area (Å²) in [5, 5.41) is 3.32. The van der Waals surface area contributed by atoms with Crippen molar-refractivity contribution in [3.63, 3.8) is 0 Å². The molecule has 0 unspecified atom stereocenters. The maximum absolute atomic E-state index is 12.7. The molecule has 0 bridgehead atoms. The summed E-state index contributed by atoms with van der Waals surface area (Å²) in [7, 11) is -3.29. The minimum Gasteiger partial charge on any atom is -0.312 e. The standard InChI is InChI=1S/C15H26N2O2S2/c1-2-10-16-13-14-8-9-15(20-14)21(18,19)17-11-6-4-3-5-7-12-17/h8-9,16H,2-7,10-13H2,1H3. The Labute approximate surface area is 132 Å². The van der Waals surface area contributed by atoms with Gasteiger partial charge in [0.1, 0.15) is 4.21 Å². The first-order chi connectivity index (χ1) is 10.1. The van der Waals surface area contributed by atoms with Crippen molar-refractivity contribution in [2.24, 2.45) is 0 Å². The highest BCUT2D eigenvalue weighted by Crippen LogP contribution is 2.26. The second kappa shape index (κ2) is 8.27. The summed E-state index contributed by atoms with van der Waals surface area (Å²) in [5.74, 6) is 0. The molecule has 1 N–H and O–H groups in total. The highest BCUT2D eigenvalue weighted by molar-refractivity contribution is 7.91. The van der Waals surface area contributed by atoms with Crippen LogP contribution in [-0.2, 0) is 16.6 Å². The van der Waals surface area contributed by atoms with Gasteiger partial charge in [-0.3, -0.25) is 0 Å². The number of rotatable bonds is 6. The molecule has 6 heteroatoms. The summed E-state index contributed by atoms with van der Waals surface area (Å²) < 4.78 is 27.6. The van der Waals surface area contributed by atoms with Gasteiger partial charge in [-0.15, -0.1) is 11.3 Å². The first kappa shape index (κ1) is 16.9.